The smallest absolute Gasteiger partial charge is 0.349 e. The molecular formula is C33H25N3O6. The van der Waals surface area contributed by atoms with Gasteiger partial charge in [-0.2, -0.15) is 15.8 Å². The average Bonchev–Trinajstić information content (AvgIpc) is 3.51. The minimum absolute atomic E-state index is 0.0143. The lowest BCUT2D eigenvalue weighted by Crippen LogP contribution is -2.10. The lowest BCUT2D eigenvalue weighted by Gasteiger charge is -2.14. The fourth-order valence-corrected chi connectivity index (χ4v) is 5.21. The van der Waals surface area contributed by atoms with Gasteiger partial charge in [0.1, 0.15) is 34.9 Å². The maximum atomic E-state index is 13.1. The van der Waals surface area contributed by atoms with E-state index >= 15 is 0 Å². The van der Waals surface area contributed by atoms with Gasteiger partial charge in [0.05, 0.1) is 19.8 Å². The maximum absolute atomic E-state index is 13.1. The SMILES string of the molecule is CCOC(=O)\C(C#N)=C1C(=C2\C/C(=C(/C#N)C(=O)OCC)c3ccccc32)/C(=C(\C#N)C(=O)OCC)c2ccccc2/1. The molecule has 2 aromatic carbocycles. The molecule has 0 heterocycles. The first-order valence-electron chi connectivity index (χ1n) is 13.2. The van der Waals surface area contributed by atoms with Crippen molar-refractivity contribution < 1.29 is 28.6 Å². The lowest BCUT2D eigenvalue weighted by molar-refractivity contribution is -0.138. The highest BCUT2D eigenvalue weighted by atomic mass is 16.5. The van der Waals surface area contributed by atoms with Gasteiger partial charge in [-0.3, -0.25) is 0 Å². The van der Waals surface area contributed by atoms with Crippen LogP contribution in [0, 0.1) is 34.0 Å². The number of carbonyl (C=O) groups excluding carboxylic acids is 3. The van der Waals surface area contributed by atoms with E-state index in [-0.39, 0.29) is 59.7 Å². The second-order valence-corrected chi connectivity index (χ2v) is 8.97. The third kappa shape index (κ3) is 4.98. The number of nitrogens with zero attached hydrogens (tertiary/aromatic N) is 3. The molecule has 9 heteroatoms. The first kappa shape index (κ1) is 29.3. The first-order valence-corrected chi connectivity index (χ1v) is 13.2. The van der Waals surface area contributed by atoms with E-state index in [1.165, 1.54) is 0 Å². The molecule has 0 radical (unpaired) electrons. The summed E-state index contributed by atoms with van der Waals surface area (Å²) in [5.74, 6) is -2.53. The van der Waals surface area contributed by atoms with Crippen LogP contribution < -0.4 is 0 Å². The van der Waals surface area contributed by atoms with E-state index < -0.39 is 17.9 Å². The molecule has 2 aliphatic rings. The topological polar surface area (TPSA) is 150 Å². The minimum atomic E-state index is -0.870. The van der Waals surface area contributed by atoms with Crippen molar-refractivity contribution in [3.63, 3.8) is 0 Å². The third-order valence-electron chi connectivity index (χ3n) is 6.77. The van der Waals surface area contributed by atoms with E-state index in [0.717, 1.165) is 0 Å². The predicted molar refractivity (Wildman–Crippen MR) is 152 cm³/mol. The summed E-state index contributed by atoms with van der Waals surface area (Å²) in [6, 6.07) is 19.7. The molecule has 9 nitrogen and oxygen atoms in total. The molecule has 208 valence electrons. The third-order valence-corrected chi connectivity index (χ3v) is 6.77. The summed E-state index contributed by atoms with van der Waals surface area (Å²) >= 11 is 0. The average molecular weight is 560 g/mol. The molecule has 42 heavy (non-hydrogen) atoms. The molecule has 0 N–H and O–H groups in total. The normalized spacial score (nSPS) is 18.4. The van der Waals surface area contributed by atoms with Crippen LogP contribution in [0.4, 0.5) is 0 Å². The van der Waals surface area contributed by atoms with Gasteiger partial charge < -0.3 is 14.2 Å². The van der Waals surface area contributed by atoms with Gasteiger partial charge >= 0.3 is 17.9 Å². The van der Waals surface area contributed by atoms with E-state index in [9.17, 15) is 30.2 Å². The highest BCUT2D eigenvalue weighted by Gasteiger charge is 2.40. The van der Waals surface area contributed by atoms with Crippen LogP contribution >= 0.6 is 0 Å². The molecule has 0 fully saturated rings. The number of benzene rings is 2. The van der Waals surface area contributed by atoms with Crippen LogP contribution in [0.2, 0.25) is 0 Å². The number of rotatable bonds is 6. The van der Waals surface area contributed by atoms with Crippen molar-refractivity contribution in [1.82, 2.24) is 0 Å². The van der Waals surface area contributed by atoms with Gasteiger partial charge in [-0.1, -0.05) is 48.5 Å². The number of fused-ring (bicyclic) bond motifs is 2. The molecule has 0 spiro atoms. The van der Waals surface area contributed by atoms with Crippen molar-refractivity contribution in [3.8, 4) is 18.2 Å². The van der Waals surface area contributed by atoms with Crippen molar-refractivity contribution in [2.24, 2.45) is 0 Å². The van der Waals surface area contributed by atoms with E-state index in [2.05, 4.69) is 0 Å². The number of hydrogen-bond donors (Lipinski definition) is 0. The fourth-order valence-electron chi connectivity index (χ4n) is 5.21. The molecule has 4 rings (SSSR count). The zero-order valence-corrected chi connectivity index (χ0v) is 23.2. The second kappa shape index (κ2) is 12.6. The monoisotopic (exact) mass is 559 g/mol. The Morgan fingerprint density at radius 2 is 1.00 bits per heavy atom. The summed E-state index contributed by atoms with van der Waals surface area (Å²) in [7, 11) is 0. The molecule has 2 aromatic rings. The molecule has 0 aliphatic heterocycles. The Bertz CT molecular complexity index is 1690. The van der Waals surface area contributed by atoms with Gasteiger partial charge in [0.2, 0.25) is 0 Å². The van der Waals surface area contributed by atoms with Crippen molar-refractivity contribution in [1.29, 1.82) is 15.8 Å². The van der Waals surface area contributed by atoms with Gasteiger partial charge in [-0.15, -0.1) is 0 Å². The standard InChI is InChI=1S/C33H25N3O6/c1-4-40-31(37)25(16-34)23-15-24(20-12-8-7-11-19(20)23)30-28(26(17-35)32(38)41-5-2)21-13-9-10-14-22(21)29(30)27(18-36)33(39)42-6-3/h7-14H,4-6,15H2,1-3H3/b25-23+,28-26-,29-27+,30-24-. The zero-order chi connectivity index (χ0) is 30.4. The van der Waals surface area contributed by atoms with Gasteiger partial charge in [0.25, 0.3) is 0 Å². The van der Waals surface area contributed by atoms with Crippen molar-refractivity contribution in [2.75, 3.05) is 19.8 Å². The molecule has 0 unspecified atom stereocenters. The summed E-state index contributed by atoms with van der Waals surface area (Å²) < 4.78 is 15.6. The quantitative estimate of drug-likeness (QED) is 0.204. The van der Waals surface area contributed by atoms with Crippen molar-refractivity contribution >= 4 is 40.2 Å². The first-order chi connectivity index (χ1) is 20.4. The Labute approximate surface area is 242 Å². The Morgan fingerprint density at radius 1 is 0.619 bits per heavy atom. The van der Waals surface area contributed by atoms with Crippen molar-refractivity contribution in [2.45, 2.75) is 27.2 Å². The summed E-state index contributed by atoms with van der Waals surface area (Å²) in [4.78, 5) is 39.0. The van der Waals surface area contributed by atoms with Crippen LogP contribution in [0.15, 0.2) is 70.8 Å². The highest BCUT2D eigenvalue weighted by Crippen LogP contribution is 2.55. The molecule has 0 atom stereocenters. The van der Waals surface area contributed by atoms with Crippen LogP contribution in [-0.4, -0.2) is 37.7 Å². The Kier molecular flexibility index (Phi) is 8.81. The summed E-state index contributed by atoms with van der Waals surface area (Å²) in [6.07, 6.45) is 0.0143. The molecule has 2 aliphatic carbocycles. The summed E-state index contributed by atoms with van der Waals surface area (Å²) in [5.41, 5.74) is 2.76. The van der Waals surface area contributed by atoms with Crippen LogP contribution in [-0.2, 0) is 28.6 Å². The number of nitriles is 3. The minimum Gasteiger partial charge on any atom is -0.462 e. The van der Waals surface area contributed by atoms with Gasteiger partial charge in [0.15, 0.2) is 0 Å². The Balaban J connectivity index is 2.24. The maximum Gasteiger partial charge on any atom is 0.349 e. The van der Waals surface area contributed by atoms with E-state index in [1.54, 1.807) is 69.3 Å². The molecule has 0 saturated carbocycles. The van der Waals surface area contributed by atoms with Gasteiger partial charge in [-0.05, 0) is 59.7 Å². The molecule has 0 amide bonds. The highest BCUT2D eigenvalue weighted by molar-refractivity contribution is 6.25. The number of hydrogen-bond acceptors (Lipinski definition) is 9. The van der Waals surface area contributed by atoms with Crippen LogP contribution in [0.5, 0.6) is 0 Å². The molecule has 0 saturated heterocycles. The molecular weight excluding hydrogens is 534 g/mol. The van der Waals surface area contributed by atoms with Crippen LogP contribution in [0.25, 0.3) is 22.3 Å². The predicted octanol–water partition coefficient (Wildman–Crippen LogP) is 5.08. The van der Waals surface area contributed by atoms with Crippen molar-refractivity contribution in [3.05, 3.63) is 93.1 Å². The molecule has 0 bridgehead atoms. The summed E-state index contributed by atoms with van der Waals surface area (Å²) in [5, 5.41) is 30.4. The number of esters is 3. The number of allylic oxidation sites excluding steroid dienone is 5. The van der Waals surface area contributed by atoms with E-state index in [4.69, 9.17) is 14.2 Å². The zero-order valence-electron chi connectivity index (χ0n) is 23.2. The van der Waals surface area contributed by atoms with Gasteiger partial charge in [-0.25, -0.2) is 14.4 Å². The Morgan fingerprint density at radius 3 is 1.40 bits per heavy atom. The second-order valence-electron chi connectivity index (χ2n) is 8.97. The number of carbonyl (C=O) groups is 3. The van der Waals surface area contributed by atoms with E-state index in [1.807, 2.05) is 18.2 Å². The van der Waals surface area contributed by atoms with Crippen LogP contribution in [0.3, 0.4) is 0 Å². The largest absolute Gasteiger partial charge is 0.462 e. The number of ether oxygens (including phenoxy) is 3. The summed E-state index contributed by atoms with van der Waals surface area (Å²) in [6.45, 7) is 4.96. The molecule has 0 aromatic heterocycles. The Hall–Kier alpha value is -5.72. The lowest BCUT2D eigenvalue weighted by atomic mass is 9.89. The fraction of sp³-hybridized carbons (Fsp3) is 0.212. The van der Waals surface area contributed by atoms with Gasteiger partial charge in [0, 0.05) is 17.6 Å². The van der Waals surface area contributed by atoms with E-state index in [0.29, 0.717) is 33.4 Å². The van der Waals surface area contributed by atoms with Crippen LogP contribution in [0.1, 0.15) is 49.4 Å².